The fourth-order valence-corrected chi connectivity index (χ4v) is 5.95. The second kappa shape index (κ2) is 8.61. The van der Waals surface area contributed by atoms with Crippen LogP contribution in [-0.2, 0) is 21.2 Å². The standard InChI is InChI=1S/C21H23N3O3S2/c25-21(12-6-11-20-22-18-9-4-5-10-19(18)28-20)23-13-15-24(16-14-23)29(26,27)17-7-2-1-3-8-17/h1-5,7-10H,6,11-16H2. The van der Waals surface area contributed by atoms with Crippen molar-refractivity contribution in [2.24, 2.45) is 0 Å². The Labute approximate surface area is 174 Å². The highest BCUT2D eigenvalue weighted by atomic mass is 32.2. The van der Waals surface area contributed by atoms with Crippen LogP contribution in [0.1, 0.15) is 17.8 Å². The maximum atomic E-state index is 12.7. The van der Waals surface area contributed by atoms with Gasteiger partial charge in [-0.25, -0.2) is 13.4 Å². The van der Waals surface area contributed by atoms with Crippen molar-refractivity contribution in [2.75, 3.05) is 26.2 Å². The third-order valence-electron chi connectivity index (χ3n) is 5.09. The molecule has 29 heavy (non-hydrogen) atoms. The number of para-hydroxylation sites is 1. The van der Waals surface area contributed by atoms with E-state index in [0.29, 0.717) is 37.5 Å². The first-order chi connectivity index (χ1) is 14.0. The van der Waals surface area contributed by atoms with Gasteiger partial charge in [0.15, 0.2) is 0 Å². The van der Waals surface area contributed by atoms with Crippen LogP contribution in [-0.4, -0.2) is 54.7 Å². The lowest BCUT2D eigenvalue weighted by Crippen LogP contribution is -2.50. The van der Waals surface area contributed by atoms with Crippen molar-refractivity contribution in [1.29, 1.82) is 0 Å². The zero-order valence-electron chi connectivity index (χ0n) is 16.0. The van der Waals surface area contributed by atoms with E-state index >= 15 is 0 Å². The summed E-state index contributed by atoms with van der Waals surface area (Å²) in [5.41, 5.74) is 1.01. The number of aryl methyl sites for hydroxylation is 1. The van der Waals surface area contributed by atoms with Crippen molar-refractivity contribution in [3.05, 3.63) is 59.6 Å². The molecule has 0 atom stereocenters. The smallest absolute Gasteiger partial charge is 0.243 e. The van der Waals surface area contributed by atoms with E-state index in [1.807, 2.05) is 18.2 Å². The Hall–Kier alpha value is -2.29. The molecule has 1 aliphatic heterocycles. The van der Waals surface area contributed by atoms with Gasteiger partial charge in [0.25, 0.3) is 0 Å². The van der Waals surface area contributed by atoms with Crippen molar-refractivity contribution in [2.45, 2.75) is 24.2 Å². The summed E-state index contributed by atoms with van der Waals surface area (Å²) in [6.45, 7) is 1.54. The number of thiazole rings is 1. The molecule has 1 fully saturated rings. The van der Waals surface area contributed by atoms with Crippen molar-refractivity contribution in [1.82, 2.24) is 14.2 Å². The van der Waals surface area contributed by atoms with E-state index in [2.05, 4.69) is 11.1 Å². The van der Waals surface area contributed by atoms with Gasteiger partial charge in [-0.3, -0.25) is 4.79 Å². The van der Waals surface area contributed by atoms with Gasteiger partial charge in [0, 0.05) is 32.6 Å². The molecule has 1 aromatic heterocycles. The maximum Gasteiger partial charge on any atom is 0.243 e. The van der Waals surface area contributed by atoms with Crippen molar-refractivity contribution in [3.63, 3.8) is 0 Å². The Morgan fingerprint density at radius 3 is 2.38 bits per heavy atom. The lowest BCUT2D eigenvalue weighted by Gasteiger charge is -2.34. The van der Waals surface area contributed by atoms with Gasteiger partial charge < -0.3 is 4.90 Å². The number of fused-ring (bicyclic) bond motifs is 1. The monoisotopic (exact) mass is 429 g/mol. The zero-order chi connectivity index (χ0) is 20.3. The summed E-state index contributed by atoms with van der Waals surface area (Å²) in [7, 11) is -3.49. The Morgan fingerprint density at radius 1 is 0.966 bits per heavy atom. The normalized spacial score (nSPS) is 15.7. The Bertz CT molecular complexity index is 1060. The van der Waals surface area contributed by atoms with E-state index in [0.717, 1.165) is 23.4 Å². The molecule has 6 nitrogen and oxygen atoms in total. The number of aromatic nitrogens is 1. The molecule has 2 aromatic carbocycles. The summed E-state index contributed by atoms with van der Waals surface area (Å²) in [5, 5.41) is 1.05. The Kier molecular flexibility index (Phi) is 5.94. The predicted octanol–water partition coefficient (Wildman–Crippen LogP) is 3.15. The van der Waals surface area contributed by atoms with Gasteiger partial charge in [0.2, 0.25) is 15.9 Å². The van der Waals surface area contributed by atoms with Crippen LogP contribution in [0.25, 0.3) is 10.2 Å². The number of amides is 1. The van der Waals surface area contributed by atoms with Gasteiger partial charge >= 0.3 is 0 Å². The number of nitrogens with zero attached hydrogens (tertiary/aromatic N) is 3. The van der Waals surface area contributed by atoms with Crippen molar-refractivity contribution in [3.8, 4) is 0 Å². The average Bonchev–Trinajstić information content (AvgIpc) is 3.17. The average molecular weight is 430 g/mol. The molecular formula is C21H23N3O3S2. The third kappa shape index (κ3) is 4.49. The number of carbonyl (C=O) groups excluding carboxylic acids is 1. The van der Waals surface area contributed by atoms with Gasteiger partial charge in [-0.15, -0.1) is 11.3 Å². The summed E-state index contributed by atoms with van der Waals surface area (Å²) in [6, 6.07) is 16.5. The molecular weight excluding hydrogens is 406 g/mol. The minimum Gasteiger partial charge on any atom is -0.340 e. The summed E-state index contributed by atoms with van der Waals surface area (Å²) in [4.78, 5) is 19.2. The van der Waals surface area contributed by atoms with E-state index in [1.165, 1.54) is 9.01 Å². The number of sulfonamides is 1. The SMILES string of the molecule is O=C(CCCc1nc2ccccc2s1)N1CCN(S(=O)(=O)c2ccccc2)CC1. The largest absolute Gasteiger partial charge is 0.340 e. The molecule has 0 radical (unpaired) electrons. The highest BCUT2D eigenvalue weighted by Gasteiger charge is 2.29. The van der Waals surface area contributed by atoms with Crippen LogP contribution in [0.3, 0.4) is 0 Å². The molecule has 3 aromatic rings. The topological polar surface area (TPSA) is 70.6 Å². The summed E-state index contributed by atoms with van der Waals surface area (Å²) >= 11 is 1.68. The van der Waals surface area contributed by atoms with Gasteiger partial charge in [-0.1, -0.05) is 30.3 Å². The molecule has 2 heterocycles. The van der Waals surface area contributed by atoms with Crippen LogP contribution in [0.2, 0.25) is 0 Å². The minimum atomic E-state index is -3.49. The first-order valence-electron chi connectivity index (χ1n) is 9.71. The van der Waals surface area contributed by atoms with Crippen LogP contribution in [0.4, 0.5) is 0 Å². The Morgan fingerprint density at radius 2 is 1.66 bits per heavy atom. The molecule has 0 N–H and O–H groups in total. The number of rotatable bonds is 6. The summed E-state index contributed by atoms with van der Waals surface area (Å²) in [5.74, 6) is 0.0860. The van der Waals surface area contributed by atoms with E-state index in [-0.39, 0.29) is 5.91 Å². The van der Waals surface area contributed by atoms with E-state index in [9.17, 15) is 13.2 Å². The van der Waals surface area contributed by atoms with Gasteiger partial charge in [0.1, 0.15) is 0 Å². The molecule has 1 aliphatic rings. The fourth-order valence-electron chi connectivity index (χ4n) is 3.50. The molecule has 0 aliphatic carbocycles. The number of benzene rings is 2. The molecule has 4 rings (SSSR count). The Balaban J connectivity index is 1.27. The van der Waals surface area contributed by atoms with Gasteiger partial charge in [0.05, 0.1) is 20.1 Å². The van der Waals surface area contributed by atoms with Crippen molar-refractivity contribution >= 4 is 37.5 Å². The van der Waals surface area contributed by atoms with E-state index in [1.54, 1.807) is 46.6 Å². The van der Waals surface area contributed by atoms with E-state index < -0.39 is 10.0 Å². The summed E-state index contributed by atoms with van der Waals surface area (Å²) in [6.07, 6.45) is 2.00. The molecule has 1 amide bonds. The molecule has 0 saturated carbocycles. The highest BCUT2D eigenvalue weighted by molar-refractivity contribution is 7.89. The second-order valence-electron chi connectivity index (χ2n) is 7.03. The summed E-state index contributed by atoms with van der Waals surface area (Å²) < 4.78 is 28.0. The van der Waals surface area contributed by atoms with Crippen LogP contribution in [0.15, 0.2) is 59.5 Å². The van der Waals surface area contributed by atoms with Crippen LogP contribution in [0.5, 0.6) is 0 Å². The molecule has 0 unspecified atom stereocenters. The highest BCUT2D eigenvalue weighted by Crippen LogP contribution is 2.23. The van der Waals surface area contributed by atoms with Crippen LogP contribution >= 0.6 is 11.3 Å². The molecule has 0 bridgehead atoms. The maximum absolute atomic E-state index is 12.7. The number of hydrogen-bond acceptors (Lipinski definition) is 5. The third-order valence-corrected chi connectivity index (χ3v) is 8.10. The number of carbonyl (C=O) groups is 1. The number of hydrogen-bond donors (Lipinski definition) is 0. The van der Waals surface area contributed by atoms with Crippen molar-refractivity contribution < 1.29 is 13.2 Å². The predicted molar refractivity (Wildman–Crippen MR) is 114 cm³/mol. The van der Waals surface area contributed by atoms with Crippen LogP contribution < -0.4 is 0 Å². The lowest BCUT2D eigenvalue weighted by atomic mass is 10.2. The minimum absolute atomic E-state index is 0.0860. The van der Waals surface area contributed by atoms with Gasteiger partial charge in [-0.05, 0) is 37.1 Å². The number of piperazine rings is 1. The second-order valence-corrected chi connectivity index (χ2v) is 10.1. The molecule has 152 valence electrons. The molecule has 1 saturated heterocycles. The van der Waals surface area contributed by atoms with Gasteiger partial charge in [-0.2, -0.15) is 4.31 Å². The molecule has 0 spiro atoms. The first kappa shape index (κ1) is 20.0. The molecule has 8 heteroatoms. The lowest BCUT2D eigenvalue weighted by molar-refractivity contribution is -0.132. The van der Waals surface area contributed by atoms with Crippen LogP contribution in [0, 0.1) is 0 Å². The zero-order valence-corrected chi connectivity index (χ0v) is 17.7. The fraction of sp³-hybridized carbons (Fsp3) is 0.333. The van der Waals surface area contributed by atoms with E-state index in [4.69, 9.17) is 0 Å². The quantitative estimate of drug-likeness (QED) is 0.604. The first-order valence-corrected chi connectivity index (χ1v) is 12.0.